The van der Waals surface area contributed by atoms with E-state index in [0.717, 1.165) is 11.8 Å². The molecule has 0 spiro atoms. The Kier molecular flexibility index (Phi) is 6.80. The van der Waals surface area contributed by atoms with Crippen molar-refractivity contribution >= 4 is 55.9 Å². The van der Waals surface area contributed by atoms with Gasteiger partial charge in [0.2, 0.25) is 0 Å². The van der Waals surface area contributed by atoms with Gasteiger partial charge in [-0.1, -0.05) is 23.4 Å². The Morgan fingerprint density at radius 1 is 1.23 bits per heavy atom. The minimum absolute atomic E-state index is 0.0479. The highest BCUT2D eigenvalue weighted by atomic mass is 35.5. The molecule has 0 aromatic heterocycles. The lowest BCUT2D eigenvalue weighted by molar-refractivity contribution is -0.143. The van der Waals surface area contributed by atoms with Crippen LogP contribution in [-0.2, 0) is 24.2 Å². The molecule has 2 atom stereocenters. The predicted octanol–water partition coefficient (Wildman–Crippen LogP) is 1.06. The highest BCUT2D eigenvalue weighted by Gasteiger charge is 2.50. The van der Waals surface area contributed by atoms with E-state index in [1.807, 2.05) is 0 Å². The van der Waals surface area contributed by atoms with Crippen LogP contribution in [0.5, 0.6) is 11.5 Å². The van der Waals surface area contributed by atoms with Crippen molar-refractivity contribution in [2.24, 2.45) is 4.99 Å². The molecule has 10 nitrogen and oxygen atoms in total. The number of hydrogen-bond acceptors (Lipinski definition) is 8. The lowest BCUT2D eigenvalue weighted by Gasteiger charge is -2.26. The van der Waals surface area contributed by atoms with Gasteiger partial charge in [0.25, 0.3) is 5.91 Å². The minimum Gasteiger partial charge on any atom is -0.495 e. The van der Waals surface area contributed by atoms with E-state index in [2.05, 4.69) is 4.99 Å². The maximum absolute atomic E-state index is 12.2. The maximum Gasteiger partial charge on any atom is 0.329 e. The summed E-state index contributed by atoms with van der Waals surface area (Å²) in [6.07, 6.45) is 0. The first-order valence-corrected chi connectivity index (χ1v) is 11.7. The molecule has 1 aromatic rings. The van der Waals surface area contributed by atoms with E-state index in [4.69, 9.17) is 30.9 Å². The Balaban J connectivity index is 1.98. The van der Waals surface area contributed by atoms with E-state index in [9.17, 15) is 18.0 Å². The molecule has 2 heterocycles. The maximum atomic E-state index is 12.2. The molecular formula is C17H19ClN2O8S2. The molecule has 30 heavy (non-hydrogen) atoms. The van der Waals surface area contributed by atoms with Crippen molar-refractivity contribution in [2.75, 3.05) is 43.8 Å². The van der Waals surface area contributed by atoms with Gasteiger partial charge in [-0.25, -0.2) is 13.2 Å². The number of aliphatic carboxylic acids is 1. The van der Waals surface area contributed by atoms with Crippen LogP contribution < -0.4 is 14.4 Å². The molecule has 1 amide bonds. The molecular weight excluding hydrogens is 460 g/mol. The highest BCUT2D eigenvalue weighted by molar-refractivity contribution is 8.16. The number of benzene rings is 1. The first-order chi connectivity index (χ1) is 14.1. The number of carbonyl (C=O) groups is 2. The summed E-state index contributed by atoms with van der Waals surface area (Å²) in [5, 5.41) is 8.82. The van der Waals surface area contributed by atoms with E-state index in [1.165, 1.54) is 14.2 Å². The summed E-state index contributed by atoms with van der Waals surface area (Å²) in [5.41, 5.74) is 0.443. The summed E-state index contributed by atoms with van der Waals surface area (Å²) < 4.78 is 39.8. The van der Waals surface area contributed by atoms with Crippen LogP contribution in [-0.4, -0.2) is 80.8 Å². The normalized spacial score (nSPS) is 23.4. The average molecular weight is 479 g/mol. The summed E-state index contributed by atoms with van der Waals surface area (Å²) in [4.78, 5) is 28.4. The molecule has 2 aliphatic rings. The predicted molar refractivity (Wildman–Crippen MR) is 112 cm³/mol. The molecule has 2 saturated heterocycles. The zero-order valence-electron chi connectivity index (χ0n) is 16.0. The van der Waals surface area contributed by atoms with Crippen molar-refractivity contribution in [1.29, 1.82) is 0 Å². The molecule has 0 radical (unpaired) electrons. The third kappa shape index (κ3) is 4.82. The quantitative estimate of drug-likeness (QED) is 0.606. The van der Waals surface area contributed by atoms with Crippen LogP contribution in [0.25, 0.3) is 0 Å². The minimum atomic E-state index is -3.26. The third-order valence-corrected chi connectivity index (χ3v) is 7.96. The summed E-state index contributed by atoms with van der Waals surface area (Å²) in [5.74, 6) is -1.32. The molecule has 0 bridgehead atoms. The number of ether oxygens (including phenoxy) is 3. The number of carboxylic acid groups (broad SMARTS) is 1. The number of fused-ring (bicyclic) bond motifs is 1. The van der Waals surface area contributed by atoms with Gasteiger partial charge in [0.15, 0.2) is 15.0 Å². The van der Waals surface area contributed by atoms with Gasteiger partial charge in [0.05, 0.1) is 42.5 Å². The summed E-state index contributed by atoms with van der Waals surface area (Å²) >= 11 is 7.44. The van der Waals surface area contributed by atoms with Gasteiger partial charge in [0.1, 0.15) is 24.7 Å². The van der Waals surface area contributed by atoms with E-state index in [-0.39, 0.29) is 26.9 Å². The lowest BCUT2D eigenvalue weighted by atomic mass is 10.2. The average Bonchev–Trinajstić information content (AvgIpc) is 3.11. The van der Waals surface area contributed by atoms with Crippen molar-refractivity contribution < 1.29 is 37.3 Å². The fourth-order valence-electron chi connectivity index (χ4n) is 3.24. The SMILES string of the molecule is COc1cc(OC)c(N2C(=NC(=O)COCC(=O)O)S[C@@H]3CS(=O)(=O)C[C@H]32)cc1Cl. The molecule has 13 heteroatoms. The Morgan fingerprint density at radius 3 is 2.57 bits per heavy atom. The van der Waals surface area contributed by atoms with Crippen LogP contribution in [0.1, 0.15) is 0 Å². The molecule has 0 unspecified atom stereocenters. The number of sulfone groups is 1. The summed E-state index contributed by atoms with van der Waals surface area (Å²) in [6, 6.07) is 2.66. The molecule has 3 rings (SSSR count). The van der Waals surface area contributed by atoms with Gasteiger partial charge < -0.3 is 24.2 Å². The smallest absolute Gasteiger partial charge is 0.329 e. The Hall–Kier alpha value is -2.02. The summed E-state index contributed by atoms with van der Waals surface area (Å²) in [7, 11) is -0.358. The van der Waals surface area contributed by atoms with Gasteiger partial charge in [-0.15, -0.1) is 0 Å². The lowest BCUT2D eigenvalue weighted by Crippen LogP contribution is -2.38. The number of rotatable bonds is 7. The Labute approximate surface area is 182 Å². The van der Waals surface area contributed by atoms with Crippen LogP contribution in [0.15, 0.2) is 17.1 Å². The van der Waals surface area contributed by atoms with Crippen molar-refractivity contribution in [3.05, 3.63) is 17.2 Å². The summed E-state index contributed by atoms with van der Waals surface area (Å²) in [6.45, 7) is -1.14. The van der Waals surface area contributed by atoms with Crippen LogP contribution >= 0.6 is 23.4 Å². The number of carboxylic acids is 1. The van der Waals surface area contributed by atoms with E-state index >= 15 is 0 Å². The van der Waals surface area contributed by atoms with Crippen LogP contribution in [0.2, 0.25) is 5.02 Å². The Bertz CT molecular complexity index is 998. The fourth-order valence-corrected chi connectivity index (χ4v) is 7.40. The van der Waals surface area contributed by atoms with Crippen molar-refractivity contribution in [3.63, 3.8) is 0 Å². The molecule has 1 N–H and O–H groups in total. The zero-order valence-corrected chi connectivity index (χ0v) is 18.4. The largest absolute Gasteiger partial charge is 0.495 e. The topological polar surface area (TPSA) is 132 Å². The first-order valence-electron chi connectivity index (χ1n) is 8.64. The second-order valence-corrected chi connectivity index (χ2v) is 10.3. The third-order valence-electron chi connectivity index (χ3n) is 4.45. The van der Waals surface area contributed by atoms with Crippen LogP contribution in [0.4, 0.5) is 5.69 Å². The van der Waals surface area contributed by atoms with Crippen LogP contribution in [0.3, 0.4) is 0 Å². The van der Waals surface area contributed by atoms with Crippen molar-refractivity contribution in [3.8, 4) is 11.5 Å². The number of aliphatic imine (C=N–C) groups is 1. The van der Waals surface area contributed by atoms with E-state index in [0.29, 0.717) is 17.2 Å². The number of carbonyl (C=O) groups excluding carboxylic acids is 1. The van der Waals surface area contributed by atoms with Crippen LogP contribution in [0, 0.1) is 0 Å². The number of thioether (sulfide) groups is 1. The number of amides is 1. The highest BCUT2D eigenvalue weighted by Crippen LogP contribution is 2.46. The van der Waals surface area contributed by atoms with E-state index < -0.39 is 41.0 Å². The molecule has 2 aliphatic heterocycles. The number of amidine groups is 1. The van der Waals surface area contributed by atoms with Crippen molar-refractivity contribution in [2.45, 2.75) is 11.3 Å². The number of halogens is 1. The zero-order chi connectivity index (χ0) is 22.1. The van der Waals surface area contributed by atoms with Gasteiger partial charge in [-0.05, 0) is 6.07 Å². The van der Waals surface area contributed by atoms with Gasteiger partial charge >= 0.3 is 5.97 Å². The number of anilines is 1. The molecule has 2 fully saturated rings. The molecule has 1 aromatic carbocycles. The number of methoxy groups -OCH3 is 2. The molecule has 0 saturated carbocycles. The number of hydrogen-bond donors (Lipinski definition) is 1. The molecule has 164 valence electrons. The number of nitrogens with zero attached hydrogens (tertiary/aromatic N) is 2. The Morgan fingerprint density at radius 2 is 1.93 bits per heavy atom. The standard InChI is InChI=1S/C17H19ClN2O8S2/c1-26-12-4-13(27-2)10(3-9(12)18)20-11-7-30(24,25)8-14(11)29-17(20)19-15(21)5-28-6-16(22)23/h3-4,11,14H,5-8H2,1-2H3,(H,22,23)/t11-,14-/m1/s1. The van der Waals surface area contributed by atoms with Crippen molar-refractivity contribution in [1.82, 2.24) is 0 Å². The fraction of sp³-hybridized carbons (Fsp3) is 0.471. The first kappa shape index (κ1) is 22.7. The second kappa shape index (κ2) is 9.00. The van der Waals surface area contributed by atoms with Gasteiger partial charge in [0, 0.05) is 11.3 Å². The molecule has 0 aliphatic carbocycles. The monoisotopic (exact) mass is 478 g/mol. The second-order valence-electron chi connectivity index (χ2n) is 6.50. The van der Waals surface area contributed by atoms with Gasteiger partial charge in [-0.2, -0.15) is 4.99 Å². The van der Waals surface area contributed by atoms with Gasteiger partial charge in [-0.3, -0.25) is 4.79 Å². The van der Waals surface area contributed by atoms with E-state index in [1.54, 1.807) is 17.0 Å².